The topological polar surface area (TPSA) is 81.0 Å². The number of thioether (sulfide) groups is 1. The van der Waals surface area contributed by atoms with Crippen LogP contribution in [0.1, 0.15) is 10.6 Å². The molecule has 0 aliphatic carbocycles. The average molecular weight is 426 g/mol. The van der Waals surface area contributed by atoms with E-state index in [0.29, 0.717) is 43.0 Å². The normalized spacial score (nSPS) is 14.0. The van der Waals surface area contributed by atoms with Crippen molar-refractivity contribution in [1.29, 1.82) is 0 Å². The van der Waals surface area contributed by atoms with Crippen molar-refractivity contribution in [3.8, 4) is 5.75 Å². The van der Waals surface area contributed by atoms with Crippen LogP contribution in [-0.4, -0.2) is 55.9 Å². The predicted octanol–water partition coefficient (Wildman–Crippen LogP) is 3.64. The lowest BCUT2D eigenvalue weighted by Crippen LogP contribution is -2.40. The number of amides is 2. The lowest BCUT2D eigenvalue weighted by atomic mass is 10.2. The van der Waals surface area contributed by atoms with Crippen molar-refractivity contribution in [2.24, 2.45) is 0 Å². The molecule has 0 saturated carbocycles. The van der Waals surface area contributed by atoms with Crippen LogP contribution in [-0.2, 0) is 9.53 Å². The molecule has 4 rings (SSSR count). The Kier molecular flexibility index (Phi) is 6.25. The highest BCUT2D eigenvalue weighted by Crippen LogP contribution is 2.32. The Morgan fingerprint density at radius 2 is 1.93 bits per heavy atom. The van der Waals surface area contributed by atoms with Crippen molar-refractivity contribution in [1.82, 2.24) is 4.90 Å². The summed E-state index contributed by atoms with van der Waals surface area (Å²) in [5, 5.41) is 3.59. The Labute approximate surface area is 178 Å². The summed E-state index contributed by atoms with van der Waals surface area (Å²) in [7, 11) is 1.60. The quantitative estimate of drug-likeness (QED) is 0.606. The fourth-order valence-electron chi connectivity index (χ4n) is 3.25. The van der Waals surface area contributed by atoms with Crippen LogP contribution in [0.2, 0.25) is 0 Å². The number of methoxy groups -OCH3 is 1. The molecule has 1 aliphatic heterocycles. The number of benzene rings is 2. The molecule has 7 nitrogen and oxygen atoms in total. The van der Waals surface area contributed by atoms with Gasteiger partial charge in [-0.1, -0.05) is 18.2 Å². The summed E-state index contributed by atoms with van der Waals surface area (Å²) >= 11 is 1.39. The molecule has 0 bridgehead atoms. The molecular formula is C22H22N2O5S. The number of nitrogens with one attached hydrogen (secondary N) is 1. The van der Waals surface area contributed by atoms with E-state index in [1.54, 1.807) is 18.1 Å². The van der Waals surface area contributed by atoms with Crippen LogP contribution < -0.4 is 10.1 Å². The molecular weight excluding hydrogens is 404 g/mol. The molecule has 0 unspecified atom stereocenters. The third-order valence-corrected chi connectivity index (χ3v) is 5.76. The van der Waals surface area contributed by atoms with E-state index in [2.05, 4.69) is 5.32 Å². The molecule has 0 atom stereocenters. The molecule has 3 aromatic rings. The lowest BCUT2D eigenvalue weighted by molar-refractivity contribution is -0.113. The van der Waals surface area contributed by atoms with Crippen molar-refractivity contribution in [2.45, 2.75) is 4.90 Å². The van der Waals surface area contributed by atoms with Gasteiger partial charge in [-0.25, -0.2) is 0 Å². The Hall–Kier alpha value is -2.97. The number of anilines is 1. The molecule has 30 heavy (non-hydrogen) atoms. The number of para-hydroxylation sites is 1. The summed E-state index contributed by atoms with van der Waals surface area (Å²) in [4.78, 5) is 28.3. The van der Waals surface area contributed by atoms with Crippen LogP contribution in [0.5, 0.6) is 5.75 Å². The number of morpholine rings is 1. The van der Waals surface area contributed by atoms with Crippen LogP contribution in [0.4, 0.5) is 5.69 Å². The number of fused-ring (bicyclic) bond motifs is 1. The number of nitrogens with zero attached hydrogens (tertiary/aromatic N) is 1. The number of carbonyl (C=O) groups excluding carboxylic acids is 2. The van der Waals surface area contributed by atoms with E-state index in [1.807, 2.05) is 42.5 Å². The van der Waals surface area contributed by atoms with Crippen LogP contribution in [0, 0.1) is 0 Å². The highest BCUT2D eigenvalue weighted by molar-refractivity contribution is 8.00. The number of hydrogen-bond acceptors (Lipinski definition) is 6. The van der Waals surface area contributed by atoms with Gasteiger partial charge in [0.2, 0.25) is 11.7 Å². The first-order chi connectivity index (χ1) is 14.7. The first-order valence-electron chi connectivity index (χ1n) is 9.61. The molecule has 2 heterocycles. The summed E-state index contributed by atoms with van der Waals surface area (Å²) in [6, 6.07) is 14.8. The highest BCUT2D eigenvalue weighted by Gasteiger charge is 2.27. The maximum absolute atomic E-state index is 13.0. The van der Waals surface area contributed by atoms with Gasteiger partial charge in [0.25, 0.3) is 5.91 Å². The Morgan fingerprint density at radius 1 is 1.13 bits per heavy atom. The monoisotopic (exact) mass is 426 g/mol. The van der Waals surface area contributed by atoms with Gasteiger partial charge in [0.15, 0.2) is 0 Å². The van der Waals surface area contributed by atoms with E-state index in [9.17, 15) is 9.59 Å². The van der Waals surface area contributed by atoms with E-state index < -0.39 is 0 Å². The zero-order valence-electron chi connectivity index (χ0n) is 16.6. The highest BCUT2D eigenvalue weighted by atomic mass is 32.2. The van der Waals surface area contributed by atoms with Crippen LogP contribution in [0.25, 0.3) is 11.0 Å². The predicted molar refractivity (Wildman–Crippen MR) is 115 cm³/mol. The maximum Gasteiger partial charge on any atom is 0.291 e. The first-order valence-corrected chi connectivity index (χ1v) is 10.6. The molecule has 0 radical (unpaired) electrons. The summed E-state index contributed by atoms with van der Waals surface area (Å²) in [6.45, 7) is 1.97. The zero-order valence-corrected chi connectivity index (χ0v) is 17.4. The van der Waals surface area contributed by atoms with E-state index in [1.165, 1.54) is 11.8 Å². The van der Waals surface area contributed by atoms with Gasteiger partial charge in [0.1, 0.15) is 17.0 Å². The minimum Gasteiger partial charge on any atom is -0.497 e. The fourth-order valence-corrected chi connectivity index (χ4v) is 3.99. The molecule has 156 valence electrons. The van der Waals surface area contributed by atoms with Crippen LogP contribution in [0.15, 0.2) is 57.8 Å². The van der Waals surface area contributed by atoms with Crippen molar-refractivity contribution < 1.29 is 23.5 Å². The number of hydrogen-bond donors (Lipinski definition) is 1. The number of carbonyl (C=O) groups is 2. The SMILES string of the molecule is COc1cccc(SCC(=O)Nc2c(C(=O)N3CCOCC3)oc3ccccc23)c1. The van der Waals surface area contributed by atoms with Crippen molar-refractivity contribution in [3.05, 3.63) is 54.3 Å². The smallest absolute Gasteiger partial charge is 0.291 e. The molecule has 2 aromatic carbocycles. The summed E-state index contributed by atoms with van der Waals surface area (Å²) in [5.74, 6) is 0.616. The zero-order chi connectivity index (χ0) is 20.9. The minimum atomic E-state index is -0.245. The second-order valence-electron chi connectivity index (χ2n) is 6.72. The Bertz CT molecular complexity index is 1060. The van der Waals surface area contributed by atoms with Gasteiger partial charge >= 0.3 is 0 Å². The standard InChI is InChI=1S/C22H22N2O5S/c1-27-15-5-4-6-16(13-15)30-14-19(25)23-20-17-7-2-3-8-18(17)29-21(20)22(26)24-9-11-28-12-10-24/h2-8,13H,9-12,14H2,1H3,(H,23,25). The third kappa shape index (κ3) is 4.44. The molecule has 2 amide bonds. The van der Waals surface area contributed by atoms with E-state index >= 15 is 0 Å². The van der Waals surface area contributed by atoms with Gasteiger partial charge in [-0.15, -0.1) is 11.8 Å². The van der Waals surface area contributed by atoms with Gasteiger partial charge in [-0.05, 0) is 30.3 Å². The molecule has 1 N–H and O–H groups in total. The van der Waals surface area contributed by atoms with Gasteiger partial charge in [0, 0.05) is 23.4 Å². The third-order valence-electron chi connectivity index (χ3n) is 4.76. The van der Waals surface area contributed by atoms with Gasteiger partial charge < -0.3 is 24.1 Å². The molecule has 1 saturated heterocycles. The van der Waals surface area contributed by atoms with Gasteiger partial charge in [0.05, 0.1) is 26.1 Å². The van der Waals surface area contributed by atoms with Crippen molar-refractivity contribution in [2.75, 3.05) is 44.5 Å². The molecule has 1 aliphatic rings. The average Bonchev–Trinajstić information content (AvgIpc) is 3.16. The maximum atomic E-state index is 13.0. The number of ether oxygens (including phenoxy) is 2. The second kappa shape index (κ2) is 9.23. The Balaban J connectivity index is 1.53. The fraction of sp³-hybridized carbons (Fsp3) is 0.273. The second-order valence-corrected chi connectivity index (χ2v) is 7.77. The summed E-state index contributed by atoms with van der Waals surface area (Å²) < 4.78 is 16.4. The lowest BCUT2D eigenvalue weighted by Gasteiger charge is -2.26. The largest absolute Gasteiger partial charge is 0.497 e. The van der Waals surface area contributed by atoms with Crippen molar-refractivity contribution >= 4 is 40.2 Å². The van der Waals surface area contributed by atoms with E-state index in [0.717, 1.165) is 10.6 Å². The van der Waals surface area contributed by atoms with Crippen LogP contribution in [0.3, 0.4) is 0 Å². The summed E-state index contributed by atoms with van der Waals surface area (Å²) in [5.41, 5.74) is 0.975. The number of furan rings is 1. The van der Waals surface area contributed by atoms with E-state index in [4.69, 9.17) is 13.9 Å². The van der Waals surface area contributed by atoms with Gasteiger partial charge in [-0.2, -0.15) is 0 Å². The molecule has 0 spiro atoms. The van der Waals surface area contributed by atoms with E-state index in [-0.39, 0.29) is 23.3 Å². The van der Waals surface area contributed by atoms with Crippen LogP contribution >= 0.6 is 11.8 Å². The summed E-state index contributed by atoms with van der Waals surface area (Å²) in [6.07, 6.45) is 0. The van der Waals surface area contributed by atoms with Crippen molar-refractivity contribution in [3.63, 3.8) is 0 Å². The minimum absolute atomic E-state index is 0.151. The van der Waals surface area contributed by atoms with Gasteiger partial charge in [-0.3, -0.25) is 9.59 Å². The Morgan fingerprint density at radius 3 is 2.73 bits per heavy atom. The molecule has 1 fully saturated rings. The first kappa shape index (κ1) is 20.3. The number of rotatable bonds is 6. The molecule has 8 heteroatoms. The molecule has 1 aromatic heterocycles.